The zero-order valence-electron chi connectivity index (χ0n) is 7.06. The van der Waals surface area contributed by atoms with Crippen LogP contribution in [0.4, 0.5) is 13.2 Å². The molecule has 0 aliphatic carbocycles. The summed E-state index contributed by atoms with van der Waals surface area (Å²) < 4.78 is 40.2. The number of benzene rings is 1. The van der Waals surface area contributed by atoms with Crippen LogP contribution in [0.3, 0.4) is 0 Å². The van der Waals surface area contributed by atoms with Crippen molar-refractivity contribution in [3.05, 3.63) is 28.6 Å². The van der Waals surface area contributed by atoms with Crippen molar-refractivity contribution in [3.63, 3.8) is 0 Å². The number of hydrogen-bond donors (Lipinski definition) is 0. The minimum Gasteiger partial charge on any atom is -0.406 e. The van der Waals surface area contributed by atoms with Crippen molar-refractivity contribution < 1.29 is 17.9 Å². The van der Waals surface area contributed by atoms with Gasteiger partial charge in [0, 0.05) is 16.2 Å². The largest absolute Gasteiger partial charge is 0.573 e. The molecule has 0 unspecified atom stereocenters. The summed E-state index contributed by atoms with van der Waals surface area (Å²) in [7, 11) is 0. The highest BCUT2D eigenvalue weighted by Gasteiger charge is 2.31. The van der Waals surface area contributed by atoms with Gasteiger partial charge in [0.15, 0.2) is 0 Å². The van der Waals surface area contributed by atoms with Crippen LogP contribution in [0, 0.1) is 6.07 Å². The van der Waals surface area contributed by atoms with E-state index in [0.717, 1.165) is 6.07 Å². The van der Waals surface area contributed by atoms with Crippen LogP contribution in [0.1, 0.15) is 0 Å². The van der Waals surface area contributed by atoms with Gasteiger partial charge in [-0.25, -0.2) is 0 Å². The van der Waals surface area contributed by atoms with Crippen molar-refractivity contribution in [2.24, 2.45) is 0 Å². The minimum absolute atomic E-state index is 0.202. The Hall–Kier alpha value is -0.940. The molecule has 15 heavy (non-hydrogen) atoms. The predicted octanol–water partition coefficient (Wildman–Crippen LogP) is 4.25. The average Bonchev–Trinajstić information content (AvgIpc) is 2.48. The monoisotopic (exact) mass is 251 g/mol. The third-order valence-electron chi connectivity index (χ3n) is 1.65. The zero-order valence-corrected chi connectivity index (χ0v) is 8.63. The molecule has 1 radical (unpaired) electrons. The fraction of sp³-hybridized carbons (Fsp3) is 0.111. The quantitative estimate of drug-likeness (QED) is 0.736. The first kappa shape index (κ1) is 10.6. The van der Waals surface area contributed by atoms with Gasteiger partial charge < -0.3 is 4.74 Å². The Bertz CT molecular complexity index is 492. The van der Waals surface area contributed by atoms with Crippen molar-refractivity contribution >= 4 is 33.0 Å². The van der Waals surface area contributed by atoms with E-state index in [-0.39, 0.29) is 10.8 Å². The van der Waals surface area contributed by atoms with Crippen LogP contribution < -0.4 is 4.74 Å². The normalized spacial score (nSPS) is 12.0. The molecule has 0 amide bonds. The first-order chi connectivity index (χ1) is 6.96. The Morgan fingerprint density at radius 3 is 2.73 bits per heavy atom. The molecule has 2 rings (SSSR count). The SMILES string of the molecule is FC(F)(F)Oc1cc(Cl)c2[c]csc2c1. The number of hydrogen-bond acceptors (Lipinski definition) is 2. The molecule has 1 nitrogen and oxygen atoms in total. The first-order valence-electron chi connectivity index (χ1n) is 3.80. The standard InChI is InChI=1S/C9H3ClF3OS/c10-7-3-5(14-9(11,12)13)4-8-6(7)1-2-15-8/h2-4H. The second-order valence-corrected chi connectivity index (χ2v) is 4.02. The van der Waals surface area contributed by atoms with Gasteiger partial charge in [0.25, 0.3) is 0 Å². The molecule has 2 aromatic rings. The van der Waals surface area contributed by atoms with Crippen LogP contribution in [0.15, 0.2) is 17.5 Å². The van der Waals surface area contributed by atoms with Gasteiger partial charge in [0.05, 0.1) is 5.02 Å². The van der Waals surface area contributed by atoms with Crippen LogP contribution in [0.2, 0.25) is 5.02 Å². The fourth-order valence-electron chi connectivity index (χ4n) is 1.14. The van der Waals surface area contributed by atoms with Crippen molar-refractivity contribution in [1.82, 2.24) is 0 Å². The maximum atomic E-state index is 11.9. The van der Waals surface area contributed by atoms with Crippen LogP contribution >= 0.6 is 22.9 Å². The topological polar surface area (TPSA) is 9.23 Å². The number of rotatable bonds is 1. The lowest BCUT2D eigenvalue weighted by Crippen LogP contribution is -2.16. The Morgan fingerprint density at radius 1 is 1.33 bits per heavy atom. The smallest absolute Gasteiger partial charge is 0.406 e. The third-order valence-corrected chi connectivity index (χ3v) is 2.76. The van der Waals surface area contributed by atoms with E-state index in [1.165, 1.54) is 17.4 Å². The van der Waals surface area contributed by atoms with E-state index in [0.29, 0.717) is 10.1 Å². The number of alkyl halides is 3. The molecule has 79 valence electrons. The molecule has 1 aromatic carbocycles. The van der Waals surface area contributed by atoms with Gasteiger partial charge in [0.2, 0.25) is 0 Å². The van der Waals surface area contributed by atoms with Crippen molar-refractivity contribution in [2.45, 2.75) is 6.36 Å². The van der Waals surface area contributed by atoms with Crippen LogP contribution in [-0.2, 0) is 0 Å². The number of ether oxygens (including phenoxy) is 1. The Labute approximate surface area is 92.0 Å². The summed E-state index contributed by atoms with van der Waals surface area (Å²) in [6.45, 7) is 0. The van der Waals surface area contributed by atoms with Gasteiger partial charge in [-0.3, -0.25) is 0 Å². The molecule has 1 heterocycles. The molecule has 0 spiro atoms. The molecule has 0 saturated heterocycles. The Kier molecular flexibility index (Phi) is 2.52. The lowest BCUT2D eigenvalue weighted by Gasteiger charge is -2.09. The van der Waals surface area contributed by atoms with E-state index in [9.17, 15) is 13.2 Å². The molecular weight excluding hydrogens is 249 g/mol. The highest BCUT2D eigenvalue weighted by atomic mass is 35.5. The highest BCUT2D eigenvalue weighted by molar-refractivity contribution is 7.17. The van der Waals surface area contributed by atoms with Gasteiger partial charge >= 0.3 is 6.36 Å². The minimum atomic E-state index is -4.70. The van der Waals surface area contributed by atoms with Crippen molar-refractivity contribution in [3.8, 4) is 5.75 Å². The second kappa shape index (κ2) is 3.57. The molecule has 0 aliphatic heterocycles. The van der Waals surface area contributed by atoms with E-state index in [2.05, 4.69) is 10.8 Å². The molecule has 1 aromatic heterocycles. The van der Waals surface area contributed by atoms with E-state index in [1.54, 1.807) is 5.38 Å². The molecule has 0 atom stereocenters. The molecular formula is C9H3ClF3OS. The van der Waals surface area contributed by atoms with Gasteiger partial charge in [-0.1, -0.05) is 11.6 Å². The zero-order chi connectivity index (χ0) is 11.1. The van der Waals surface area contributed by atoms with Crippen molar-refractivity contribution in [2.75, 3.05) is 0 Å². The summed E-state index contributed by atoms with van der Waals surface area (Å²) in [6, 6.07) is 5.24. The summed E-state index contributed by atoms with van der Waals surface area (Å²) in [5, 5.41) is 2.44. The van der Waals surface area contributed by atoms with Crippen LogP contribution in [-0.4, -0.2) is 6.36 Å². The number of thiophene rings is 1. The van der Waals surface area contributed by atoms with Gasteiger partial charge in [-0.05, 0) is 17.5 Å². The second-order valence-electron chi connectivity index (χ2n) is 2.71. The number of halogens is 4. The van der Waals surface area contributed by atoms with Crippen LogP contribution in [0.25, 0.3) is 10.1 Å². The third kappa shape index (κ3) is 2.35. The molecule has 0 bridgehead atoms. The predicted molar refractivity (Wildman–Crippen MR) is 52.4 cm³/mol. The molecule has 6 heteroatoms. The maximum absolute atomic E-state index is 11.9. The van der Waals surface area contributed by atoms with Gasteiger partial charge in [-0.15, -0.1) is 24.5 Å². The first-order valence-corrected chi connectivity index (χ1v) is 5.05. The van der Waals surface area contributed by atoms with E-state index in [4.69, 9.17) is 11.6 Å². The number of fused-ring (bicyclic) bond motifs is 1. The molecule has 0 saturated carbocycles. The lowest BCUT2D eigenvalue weighted by atomic mass is 10.2. The summed E-state index contributed by atoms with van der Waals surface area (Å²) in [4.78, 5) is 0. The summed E-state index contributed by atoms with van der Waals surface area (Å²) >= 11 is 7.01. The van der Waals surface area contributed by atoms with Gasteiger partial charge in [0.1, 0.15) is 5.75 Å². The summed E-state index contributed by atoms with van der Waals surface area (Å²) in [6.07, 6.45) is -4.70. The molecule has 0 N–H and O–H groups in total. The van der Waals surface area contributed by atoms with Crippen molar-refractivity contribution in [1.29, 1.82) is 0 Å². The summed E-state index contributed by atoms with van der Waals surface area (Å²) in [5.74, 6) is -0.309. The molecule has 0 fully saturated rings. The van der Waals surface area contributed by atoms with E-state index in [1.807, 2.05) is 0 Å². The maximum Gasteiger partial charge on any atom is 0.573 e. The average molecular weight is 252 g/mol. The van der Waals surface area contributed by atoms with Gasteiger partial charge in [-0.2, -0.15) is 0 Å². The Morgan fingerprint density at radius 2 is 2.07 bits per heavy atom. The highest BCUT2D eigenvalue weighted by Crippen LogP contribution is 2.34. The van der Waals surface area contributed by atoms with E-state index >= 15 is 0 Å². The van der Waals surface area contributed by atoms with E-state index < -0.39 is 6.36 Å². The Balaban J connectivity index is 2.45. The fourth-order valence-corrected chi connectivity index (χ4v) is 2.23. The lowest BCUT2D eigenvalue weighted by molar-refractivity contribution is -0.274. The van der Waals surface area contributed by atoms with Crippen LogP contribution in [0.5, 0.6) is 5.75 Å². The summed E-state index contributed by atoms with van der Waals surface area (Å²) in [5.41, 5.74) is 0. The molecule has 0 aliphatic rings.